The van der Waals surface area contributed by atoms with Gasteiger partial charge in [0.05, 0.1) is 0 Å². The molecule has 0 aliphatic rings. The van der Waals surface area contributed by atoms with Crippen LogP contribution in [-0.4, -0.2) is 0 Å². The van der Waals surface area contributed by atoms with Crippen LogP contribution in [0, 0.1) is 17.4 Å². The molecule has 0 saturated heterocycles. The minimum Gasteiger partial charge on any atom is -0.208 e. The number of rotatable bonds is 0. The van der Waals surface area contributed by atoms with Gasteiger partial charge in [0.15, 0.2) is 0 Å². The molecule has 0 N–H and O–H groups in total. The molecule has 10 heavy (non-hydrogen) atoms. The van der Waals surface area contributed by atoms with Crippen LogP contribution in [0.5, 0.6) is 0 Å². The molecule has 1 rings (SSSR count). The van der Waals surface area contributed by atoms with E-state index >= 15 is 0 Å². The van der Waals surface area contributed by atoms with Gasteiger partial charge in [0.25, 0.3) is 0 Å². The first-order chi connectivity index (χ1) is 3.93. The molecule has 1 aromatic rings. The van der Waals surface area contributed by atoms with Gasteiger partial charge in [-0.25, -0.2) is 5.26 Å². The monoisotopic (exact) mass is 294 g/mol. The van der Waals surface area contributed by atoms with Crippen LogP contribution in [0.3, 0.4) is 0 Å². The van der Waals surface area contributed by atoms with Crippen LogP contribution in [-0.2, 0) is 19.5 Å². The van der Waals surface area contributed by atoms with Gasteiger partial charge in [0, 0.05) is 25.5 Å². The maximum Gasteiger partial charge on any atom is 0.0307 e. The Kier molecular flexibility index (Phi) is 9.12. The fraction of sp³-hybridized carbons (Fsp3) is 0. The zero-order valence-electron chi connectivity index (χ0n) is 5.37. The van der Waals surface area contributed by atoms with Gasteiger partial charge in [0.2, 0.25) is 0 Å². The summed E-state index contributed by atoms with van der Waals surface area (Å²) in [5.41, 5.74) is 0.660. The molecule has 0 heterocycles. The number of hydrogen-bond acceptors (Lipinski definition) is 1. The first-order valence-corrected chi connectivity index (χ1v) is 2.29. The van der Waals surface area contributed by atoms with E-state index in [1.165, 1.54) is 0 Å². The molecule has 0 aliphatic carbocycles. The first kappa shape index (κ1) is 12.7. The molecule has 0 aliphatic heterocycles. The fourth-order valence-electron chi connectivity index (χ4n) is 0.463. The van der Waals surface area contributed by atoms with E-state index in [-0.39, 0.29) is 43.5 Å². The van der Waals surface area contributed by atoms with Crippen molar-refractivity contribution >= 4 is 24.0 Å². The Morgan fingerprint density at radius 1 is 1.50 bits per heavy atom. The van der Waals surface area contributed by atoms with Crippen molar-refractivity contribution in [1.29, 1.82) is 5.26 Å². The fourth-order valence-corrected chi connectivity index (χ4v) is 0.463. The summed E-state index contributed by atoms with van der Waals surface area (Å²) >= 11 is 0. The third kappa shape index (κ3) is 3.97. The minimum atomic E-state index is 0. The van der Waals surface area contributed by atoms with Crippen molar-refractivity contribution in [1.82, 2.24) is 0 Å². The summed E-state index contributed by atoms with van der Waals surface area (Å²) in [6.45, 7) is 0. The molecule has 0 bridgehead atoms. The van der Waals surface area contributed by atoms with Crippen LogP contribution >= 0.6 is 24.0 Å². The molecule has 0 atom stereocenters. The summed E-state index contributed by atoms with van der Waals surface area (Å²) in [5.74, 6) is 0. The average molecular weight is 295 g/mol. The van der Waals surface area contributed by atoms with Gasteiger partial charge in [-0.3, -0.25) is 0 Å². The molecule has 0 unspecified atom stereocenters. The van der Waals surface area contributed by atoms with Crippen LogP contribution in [0.1, 0.15) is 5.56 Å². The van der Waals surface area contributed by atoms with Crippen LogP contribution in [0.2, 0.25) is 0 Å². The van der Waals surface area contributed by atoms with Crippen molar-refractivity contribution < 1.29 is 19.5 Å². The van der Waals surface area contributed by atoms with Crippen LogP contribution in [0.25, 0.3) is 0 Å². The molecule has 0 saturated carbocycles. The zero-order chi connectivity index (χ0) is 5.82. The van der Waals surface area contributed by atoms with Crippen molar-refractivity contribution in [3.8, 4) is 6.07 Å². The maximum atomic E-state index is 8.27. The summed E-state index contributed by atoms with van der Waals surface area (Å²) in [7, 11) is 0. The van der Waals surface area contributed by atoms with Gasteiger partial charge in [-0.05, 0) is 0 Å². The van der Waals surface area contributed by atoms with Crippen molar-refractivity contribution in [2.45, 2.75) is 0 Å². The Morgan fingerprint density at radius 2 is 2.20 bits per heavy atom. The van der Waals surface area contributed by atoms with E-state index in [2.05, 4.69) is 6.07 Å². The molecule has 0 fully saturated rings. The molecule has 0 radical (unpaired) electrons. The molecule has 0 spiro atoms. The third-order valence-electron chi connectivity index (χ3n) is 0.836. The van der Waals surface area contributed by atoms with Crippen molar-refractivity contribution in [2.24, 2.45) is 0 Å². The first-order valence-electron chi connectivity index (χ1n) is 2.29. The Balaban J connectivity index is 0. The number of halogens is 1. The molecule has 48 valence electrons. The number of hydrogen-bond donors (Lipinski definition) is 0. The van der Waals surface area contributed by atoms with Crippen LogP contribution in [0.15, 0.2) is 24.3 Å². The van der Waals surface area contributed by atoms with E-state index in [0.29, 0.717) is 5.56 Å². The minimum absolute atomic E-state index is 0. The SMILES string of the molecule is I.N#Cc1c[c-]ccc1.[Zn]. The topological polar surface area (TPSA) is 23.8 Å². The standard InChI is InChI=1S/C7H4N.HI.Zn/c8-6-7-4-2-1-3-5-7;;/h1-2,4-5H;1H;/q-1;;. The van der Waals surface area contributed by atoms with Crippen molar-refractivity contribution in [3.63, 3.8) is 0 Å². The third-order valence-corrected chi connectivity index (χ3v) is 0.836. The summed E-state index contributed by atoms with van der Waals surface area (Å²) in [6, 6.07) is 11.7. The number of nitrogens with zero attached hydrogens (tertiary/aromatic N) is 1. The summed E-state index contributed by atoms with van der Waals surface area (Å²) < 4.78 is 0. The van der Waals surface area contributed by atoms with E-state index in [1.54, 1.807) is 24.3 Å². The van der Waals surface area contributed by atoms with Crippen molar-refractivity contribution in [2.75, 3.05) is 0 Å². The van der Waals surface area contributed by atoms with E-state index in [4.69, 9.17) is 5.26 Å². The smallest absolute Gasteiger partial charge is 0.0307 e. The molecule has 1 nitrogen and oxygen atoms in total. The molecule has 0 amide bonds. The Hall–Kier alpha value is 0.0634. The summed E-state index contributed by atoms with van der Waals surface area (Å²) in [4.78, 5) is 0. The molecular formula is C7H5INZn-. The van der Waals surface area contributed by atoms with Gasteiger partial charge in [-0.2, -0.15) is 30.3 Å². The average Bonchev–Trinajstić information content (AvgIpc) is 1.90. The largest absolute Gasteiger partial charge is 0.208 e. The van der Waals surface area contributed by atoms with E-state index < -0.39 is 0 Å². The molecule has 3 heteroatoms. The van der Waals surface area contributed by atoms with Gasteiger partial charge in [-0.1, -0.05) is 5.56 Å². The maximum absolute atomic E-state index is 8.27. The number of nitriles is 1. The summed E-state index contributed by atoms with van der Waals surface area (Å²) in [5, 5.41) is 8.27. The van der Waals surface area contributed by atoms with Gasteiger partial charge in [0.1, 0.15) is 0 Å². The second kappa shape index (κ2) is 7.17. The quantitative estimate of drug-likeness (QED) is 0.408. The van der Waals surface area contributed by atoms with Gasteiger partial charge in [-0.15, -0.1) is 24.0 Å². The van der Waals surface area contributed by atoms with Gasteiger partial charge >= 0.3 is 0 Å². The Bertz CT molecular complexity index is 205. The van der Waals surface area contributed by atoms with Crippen molar-refractivity contribution in [3.05, 3.63) is 35.9 Å². The van der Waals surface area contributed by atoms with E-state index in [0.717, 1.165) is 0 Å². The zero-order valence-corrected chi connectivity index (χ0v) is 10.7. The second-order valence-electron chi connectivity index (χ2n) is 1.40. The second-order valence-corrected chi connectivity index (χ2v) is 1.40. The Labute approximate surface area is 90.2 Å². The molecule has 1 aromatic carbocycles. The predicted molar refractivity (Wildman–Crippen MR) is 45.4 cm³/mol. The molecule has 0 aromatic heterocycles. The van der Waals surface area contributed by atoms with Crippen LogP contribution in [0.4, 0.5) is 0 Å². The number of benzene rings is 1. The van der Waals surface area contributed by atoms with Crippen LogP contribution < -0.4 is 0 Å². The van der Waals surface area contributed by atoms with E-state index in [1.807, 2.05) is 6.07 Å². The Morgan fingerprint density at radius 3 is 2.50 bits per heavy atom. The molecular weight excluding hydrogens is 290 g/mol. The predicted octanol–water partition coefficient (Wildman–Crippen LogP) is 1.97. The van der Waals surface area contributed by atoms with E-state index in [9.17, 15) is 0 Å². The summed E-state index contributed by atoms with van der Waals surface area (Å²) in [6.07, 6.45) is 0. The van der Waals surface area contributed by atoms with Gasteiger partial charge < -0.3 is 0 Å². The normalized spacial score (nSPS) is 6.30.